The Morgan fingerprint density at radius 2 is 2.50 bits per heavy atom. The van der Waals surface area contributed by atoms with Crippen LogP contribution in [0, 0.1) is 0 Å². The van der Waals surface area contributed by atoms with E-state index in [4.69, 9.17) is 9.47 Å². The first-order valence-corrected chi connectivity index (χ1v) is 4.27. The van der Waals surface area contributed by atoms with E-state index >= 15 is 0 Å². The van der Waals surface area contributed by atoms with Gasteiger partial charge in [-0.3, -0.25) is 4.79 Å². The van der Waals surface area contributed by atoms with Crippen LogP contribution in [0.2, 0.25) is 0 Å². The molecule has 0 saturated carbocycles. The Morgan fingerprint density at radius 3 is 3.10 bits per heavy atom. The standard InChI is InChI=1S/C6H9BrO3/c7-3-5-1-2-9-6(4-8)10-5/h4-6H,1-3H2. The molecule has 0 N–H and O–H groups in total. The van der Waals surface area contributed by atoms with Crippen LogP contribution in [-0.2, 0) is 14.3 Å². The lowest BCUT2D eigenvalue weighted by Gasteiger charge is -2.25. The van der Waals surface area contributed by atoms with Crippen LogP contribution in [0.4, 0.5) is 0 Å². The number of rotatable bonds is 2. The topological polar surface area (TPSA) is 35.5 Å². The van der Waals surface area contributed by atoms with E-state index in [1.165, 1.54) is 0 Å². The van der Waals surface area contributed by atoms with E-state index in [-0.39, 0.29) is 6.10 Å². The van der Waals surface area contributed by atoms with Gasteiger partial charge in [-0.1, -0.05) is 15.9 Å². The summed E-state index contributed by atoms with van der Waals surface area (Å²) in [6, 6.07) is 0. The zero-order chi connectivity index (χ0) is 7.40. The molecule has 0 amide bonds. The van der Waals surface area contributed by atoms with Gasteiger partial charge >= 0.3 is 0 Å². The third-order valence-corrected chi connectivity index (χ3v) is 2.05. The van der Waals surface area contributed by atoms with Crippen molar-refractivity contribution in [2.45, 2.75) is 18.8 Å². The van der Waals surface area contributed by atoms with Crippen molar-refractivity contribution in [1.29, 1.82) is 0 Å². The molecule has 4 heteroatoms. The average Bonchev–Trinajstić information content (AvgIpc) is 2.05. The smallest absolute Gasteiger partial charge is 0.214 e. The average molecular weight is 209 g/mol. The number of alkyl halides is 1. The molecule has 2 unspecified atom stereocenters. The van der Waals surface area contributed by atoms with Crippen LogP contribution in [0.25, 0.3) is 0 Å². The summed E-state index contributed by atoms with van der Waals surface area (Å²) in [4.78, 5) is 10.2. The lowest BCUT2D eigenvalue weighted by atomic mass is 10.3. The highest BCUT2D eigenvalue weighted by Crippen LogP contribution is 2.12. The van der Waals surface area contributed by atoms with Crippen LogP contribution in [0.5, 0.6) is 0 Å². The second-order valence-electron chi connectivity index (χ2n) is 2.08. The highest BCUT2D eigenvalue weighted by molar-refractivity contribution is 9.09. The van der Waals surface area contributed by atoms with Gasteiger partial charge in [0, 0.05) is 5.33 Å². The minimum atomic E-state index is -0.642. The van der Waals surface area contributed by atoms with E-state index in [2.05, 4.69) is 15.9 Å². The molecule has 0 spiro atoms. The van der Waals surface area contributed by atoms with Crippen LogP contribution < -0.4 is 0 Å². The maximum atomic E-state index is 10.2. The summed E-state index contributed by atoms with van der Waals surface area (Å²) in [5, 5.41) is 0.765. The van der Waals surface area contributed by atoms with Gasteiger partial charge in [-0.05, 0) is 6.42 Å². The predicted molar refractivity (Wildman–Crippen MR) is 39.1 cm³/mol. The van der Waals surface area contributed by atoms with Crippen molar-refractivity contribution in [3.8, 4) is 0 Å². The number of aldehydes is 1. The number of hydrogen-bond acceptors (Lipinski definition) is 3. The molecule has 1 fully saturated rings. The van der Waals surface area contributed by atoms with Crippen LogP contribution >= 0.6 is 15.9 Å². The van der Waals surface area contributed by atoms with Crippen LogP contribution in [0.15, 0.2) is 0 Å². The second kappa shape index (κ2) is 4.05. The highest BCUT2D eigenvalue weighted by Gasteiger charge is 2.20. The lowest BCUT2D eigenvalue weighted by molar-refractivity contribution is -0.197. The van der Waals surface area contributed by atoms with E-state index in [1.54, 1.807) is 0 Å². The Hall–Kier alpha value is 0.0700. The molecule has 10 heavy (non-hydrogen) atoms. The molecular formula is C6H9BrO3. The third kappa shape index (κ3) is 2.04. The summed E-state index contributed by atoms with van der Waals surface area (Å²) in [6.45, 7) is 0.611. The van der Waals surface area contributed by atoms with Crippen molar-refractivity contribution in [2.75, 3.05) is 11.9 Å². The molecule has 0 aromatic heterocycles. The monoisotopic (exact) mass is 208 g/mol. The molecule has 58 valence electrons. The van der Waals surface area contributed by atoms with Gasteiger partial charge in [0.05, 0.1) is 12.7 Å². The minimum Gasteiger partial charge on any atom is -0.346 e. The number of carbonyl (C=O) groups excluding carboxylic acids is 1. The fourth-order valence-corrected chi connectivity index (χ4v) is 1.27. The number of halogens is 1. The van der Waals surface area contributed by atoms with E-state index in [0.29, 0.717) is 12.9 Å². The molecule has 2 atom stereocenters. The Labute approximate surface area is 67.8 Å². The van der Waals surface area contributed by atoms with E-state index < -0.39 is 6.29 Å². The van der Waals surface area contributed by atoms with Crippen molar-refractivity contribution < 1.29 is 14.3 Å². The van der Waals surface area contributed by atoms with Gasteiger partial charge in [0.2, 0.25) is 6.29 Å². The second-order valence-corrected chi connectivity index (χ2v) is 2.72. The van der Waals surface area contributed by atoms with Gasteiger partial charge in [-0.15, -0.1) is 0 Å². The summed E-state index contributed by atoms with van der Waals surface area (Å²) in [6.07, 6.45) is 1.02. The quantitative estimate of drug-likeness (QED) is 0.496. The summed E-state index contributed by atoms with van der Waals surface area (Å²) < 4.78 is 10.1. The fraction of sp³-hybridized carbons (Fsp3) is 0.833. The van der Waals surface area contributed by atoms with E-state index in [1.807, 2.05) is 0 Å². The largest absolute Gasteiger partial charge is 0.346 e. The number of ether oxygens (including phenoxy) is 2. The minimum absolute atomic E-state index is 0.129. The van der Waals surface area contributed by atoms with Crippen LogP contribution in [-0.4, -0.2) is 30.6 Å². The zero-order valence-corrected chi connectivity index (χ0v) is 7.04. The zero-order valence-electron chi connectivity index (χ0n) is 5.46. The van der Waals surface area contributed by atoms with Crippen LogP contribution in [0.3, 0.4) is 0 Å². The summed E-state index contributed by atoms with van der Waals surface area (Å²) in [5.74, 6) is 0. The normalized spacial score (nSPS) is 33.7. The van der Waals surface area contributed by atoms with Crippen molar-refractivity contribution in [3.63, 3.8) is 0 Å². The molecule has 1 aliphatic rings. The molecule has 1 rings (SSSR count). The first-order valence-electron chi connectivity index (χ1n) is 3.15. The van der Waals surface area contributed by atoms with Gasteiger partial charge in [0.25, 0.3) is 0 Å². The maximum Gasteiger partial charge on any atom is 0.214 e. The SMILES string of the molecule is O=CC1OCCC(CBr)O1. The molecule has 0 aromatic carbocycles. The third-order valence-electron chi connectivity index (χ3n) is 1.33. The molecule has 0 aliphatic carbocycles. The molecule has 1 saturated heterocycles. The Balaban J connectivity index is 2.31. The summed E-state index contributed by atoms with van der Waals surface area (Å²) >= 11 is 3.27. The molecule has 1 heterocycles. The van der Waals surface area contributed by atoms with Gasteiger partial charge in [0.15, 0.2) is 6.29 Å². The Kier molecular flexibility index (Phi) is 3.31. The van der Waals surface area contributed by atoms with Crippen molar-refractivity contribution >= 4 is 22.2 Å². The number of hydrogen-bond donors (Lipinski definition) is 0. The van der Waals surface area contributed by atoms with Gasteiger partial charge < -0.3 is 9.47 Å². The van der Waals surface area contributed by atoms with Crippen LogP contribution in [0.1, 0.15) is 6.42 Å². The summed E-state index contributed by atoms with van der Waals surface area (Å²) in [5.41, 5.74) is 0. The summed E-state index contributed by atoms with van der Waals surface area (Å²) in [7, 11) is 0. The van der Waals surface area contributed by atoms with Crippen molar-refractivity contribution in [1.82, 2.24) is 0 Å². The molecule has 0 bridgehead atoms. The van der Waals surface area contributed by atoms with Gasteiger partial charge in [-0.2, -0.15) is 0 Å². The lowest BCUT2D eigenvalue weighted by Crippen LogP contribution is -2.33. The molecular weight excluding hydrogens is 200 g/mol. The highest BCUT2D eigenvalue weighted by atomic mass is 79.9. The molecule has 3 nitrogen and oxygen atoms in total. The fourth-order valence-electron chi connectivity index (χ4n) is 0.798. The van der Waals surface area contributed by atoms with E-state index in [9.17, 15) is 4.79 Å². The maximum absolute atomic E-state index is 10.2. The van der Waals surface area contributed by atoms with Gasteiger partial charge in [0.1, 0.15) is 0 Å². The molecule has 0 aromatic rings. The van der Waals surface area contributed by atoms with E-state index in [0.717, 1.165) is 11.8 Å². The molecule has 1 aliphatic heterocycles. The van der Waals surface area contributed by atoms with Crippen molar-refractivity contribution in [3.05, 3.63) is 0 Å². The molecule has 0 radical (unpaired) electrons. The first-order chi connectivity index (χ1) is 4.86. The first kappa shape index (κ1) is 8.17. The Morgan fingerprint density at radius 1 is 1.70 bits per heavy atom. The Bertz CT molecular complexity index is 118. The van der Waals surface area contributed by atoms with Gasteiger partial charge in [-0.25, -0.2) is 0 Å². The number of carbonyl (C=O) groups is 1. The predicted octanol–water partition coefficient (Wildman–Crippen LogP) is 0.712. The van der Waals surface area contributed by atoms with Crippen molar-refractivity contribution in [2.24, 2.45) is 0 Å².